The first-order valence-corrected chi connectivity index (χ1v) is 9.45. The van der Waals surface area contributed by atoms with Crippen LogP contribution in [0.25, 0.3) is 0 Å². The predicted molar refractivity (Wildman–Crippen MR) is 112 cm³/mol. The van der Waals surface area contributed by atoms with E-state index in [1.807, 2.05) is 39.0 Å². The van der Waals surface area contributed by atoms with Crippen LogP contribution in [0.4, 0.5) is 0 Å². The van der Waals surface area contributed by atoms with E-state index in [2.05, 4.69) is 32.2 Å². The van der Waals surface area contributed by atoms with Gasteiger partial charge in [0.15, 0.2) is 0 Å². The first kappa shape index (κ1) is 23.7. The van der Waals surface area contributed by atoms with E-state index in [-0.39, 0.29) is 35.2 Å². The average molecular weight is 399 g/mol. The van der Waals surface area contributed by atoms with Gasteiger partial charge >= 0.3 is 0 Å². The lowest BCUT2D eigenvalue weighted by Crippen LogP contribution is -2.75. The number of carbonyl (C=O) groups excluding carboxylic acids is 1. The largest absolute Gasteiger partial charge is 0.491 e. The minimum absolute atomic E-state index is 0. The molecule has 2 rings (SSSR count). The molecule has 1 aliphatic rings. The van der Waals surface area contributed by atoms with Crippen LogP contribution in [0.1, 0.15) is 53.5 Å². The minimum atomic E-state index is -0.893. The average Bonchev–Trinajstić information content (AvgIpc) is 2.57. The predicted octanol–water partition coefficient (Wildman–Crippen LogP) is 3.43. The summed E-state index contributed by atoms with van der Waals surface area (Å²) in [4.78, 5) is 12.6. The van der Waals surface area contributed by atoms with Crippen molar-refractivity contribution in [3.63, 3.8) is 0 Å². The maximum absolute atomic E-state index is 12.6. The van der Waals surface area contributed by atoms with Crippen LogP contribution in [0.5, 0.6) is 5.75 Å². The number of hydrogen-bond acceptors (Lipinski definition) is 4. The first-order chi connectivity index (χ1) is 12.0. The van der Waals surface area contributed by atoms with Gasteiger partial charge in [0.25, 0.3) is 0 Å². The fraction of sp³-hybridized carbons (Fsp3) is 0.667. The van der Waals surface area contributed by atoms with E-state index in [1.54, 1.807) is 0 Å². The van der Waals surface area contributed by atoms with Gasteiger partial charge in [-0.1, -0.05) is 52.8 Å². The number of hydrogen-bond donors (Lipinski definition) is 2. The van der Waals surface area contributed by atoms with Crippen molar-refractivity contribution >= 4 is 18.3 Å². The van der Waals surface area contributed by atoms with E-state index in [0.29, 0.717) is 26.2 Å². The highest BCUT2D eigenvalue weighted by Crippen LogP contribution is 2.49. The Morgan fingerprint density at radius 2 is 1.93 bits per heavy atom. The van der Waals surface area contributed by atoms with Crippen LogP contribution in [-0.2, 0) is 14.9 Å². The quantitative estimate of drug-likeness (QED) is 0.690. The molecule has 0 bridgehead atoms. The molecule has 6 heteroatoms. The van der Waals surface area contributed by atoms with Gasteiger partial charge in [0.2, 0.25) is 5.91 Å². The Labute approximate surface area is 169 Å². The summed E-state index contributed by atoms with van der Waals surface area (Å²) in [5.74, 6) is 0.725. The van der Waals surface area contributed by atoms with Crippen molar-refractivity contribution in [2.75, 3.05) is 19.8 Å². The van der Waals surface area contributed by atoms with Crippen molar-refractivity contribution in [2.45, 2.75) is 65.0 Å². The Hall–Kier alpha value is -1.30. The summed E-state index contributed by atoms with van der Waals surface area (Å²) in [6.07, 6.45) is 0.575. The number of benzene rings is 1. The van der Waals surface area contributed by atoms with Crippen LogP contribution < -0.4 is 15.8 Å². The van der Waals surface area contributed by atoms with Crippen LogP contribution in [-0.4, -0.2) is 37.3 Å². The topological polar surface area (TPSA) is 73.6 Å². The summed E-state index contributed by atoms with van der Waals surface area (Å²) >= 11 is 0. The molecule has 27 heavy (non-hydrogen) atoms. The highest BCUT2D eigenvalue weighted by molar-refractivity contribution is 5.88. The van der Waals surface area contributed by atoms with E-state index in [9.17, 15) is 4.79 Å². The molecule has 1 aromatic rings. The van der Waals surface area contributed by atoms with E-state index in [0.717, 1.165) is 11.3 Å². The van der Waals surface area contributed by atoms with Gasteiger partial charge in [-0.05, 0) is 24.0 Å². The van der Waals surface area contributed by atoms with Crippen LogP contribution in [0.2, 0.25) is 0 Å². The number of para-hydroxylation sites is 1. The SMILES string of the molecule is CCOC1CC(N)(C(=O)NCCOc2ccccc2C(C)(C)C)C1(C)C.Cl. The molecule has 2 atom stereocenters. The monoisotopic (exact) mass is 398 g/mol. The van der Waals surface area contributed by atoms with Crippen molar-refractivity contribution in [2.24, 2.45) is 11.1 Å². The van der Waals surface area contributed by atoms with Crippen molar-refractivity contribution in [1.82, 2.24) is 5.32 Å². The Bertz CT molecular complexity index is 643. The van der Waals surface area contributed by atoms with Crippen LogP contribution in [0.3, 0.4) is 0 Å². The third kappa shape index (κ3) is 4.76. The standard InChI is InChI=1S/C21H34N2O3.ClH/c1-7-25-17-14-21(22,20(17,5)6)18(24)23-12-13-26-16-11-9-8-10-15(16)19(2,3)4;/h8-11,17H,7,12-14,22H2,1-6H3,(H,23,24);1H. The summed E-state index contributed by atoms with van der Waals surface area (Å²) in [6, 6.07) is 8.02. The Balaban J connectivity index is 0.00000364. The van der Waals surface area contributed by atoms with E-state index >= 15 is 0 Å². The zero-order chi connectivity index (χ0) is 19.6. The Morgan fingerprint density at radius 3 is 2.48 bits per heavy atom. The minimum Gasteiger partial charge on any atom is -0.491 e. The maximum Gasteiger partial charge on any atom is 0.240 e. The zero-order valence-corrected chi connectivity index (χ0v) is 18.2. The van der Waals surface area contributed by atoms with E-state index < -0.39 is 5.54 Å². The summed E-state index contributed by atoms with van der Waals surface area (Å²) in [5.41, 5.74) is 6.27. The molecule has 1 aliphatic carbocycles. The van der Waals surface area contributed by atoms with E-state index in [1.165, 1.54) is 0 Å². The molecule has 0 spiro atoms. The second-order valence-corrected chi connectivity index (χ2v) is 8.69. The molecule has 0 heterocycles. The summed E-state index contributed by atoms with van der Waals surface area (Å²) in [6.45, 7) is 13.9. The molecule has 0 aromatic heterocycles. The van der Waals surface area contributed by atoms with Crippen molar-refractivity contribution in [3.05, 3.63) is 29.8 Å². The van der Waals surface area contributed by atoms with E-state index in [4.69, 9.17) is 15.2 Å². The highest BCUT2D eigenvalue weighted by atomic mass is 35.5. The second-order valence-electron chi connectivity index (χ2n) is 8.69. The molecule has 1 saturated carbocycles. The molecule has 2 unspecified atom stereocenters. The third-order valence-electron chi connectivity index (χ3n) is 5.58. The number of nitrogens with one attached hydrogen (secondary N) is 1. The molecule has 0 saturated heterocycles. The number of ether oxygens (including phenoxy) is 2. The molecule has 0 aliphatic heterocycles. The number of amides is 1. The summed E-state index contributed by atoms with van der Waals surface area (Å²) < 4.78 is 11.6. The molecule has 1 aromatic carbocycles. The molecule has 1 amide bonds. The zero-order valence-electron chi connectivity index (χ0n) is 17.4. The Morgan fingerprint density at radius 1 is 1.30 bits per heavy atom. The van der Waals surface area contributed by atoms with Gasteiger partial charge < -0.3 is 20.5 Å². The molecule has 5 nitrogen and oxygen atoms in total. The number of carbonyl (C=O) groups is 1. The van der Waals surface area contributed by atoms with Crippen LogP contribution >= 0.6 is 12.4 Å². The number of nitrogens with two attached hydrogens (primary N) is 1. The molecule has 154 valence electrons. The van der Waals surface area contributed by atoms with Crippen LogP contribution in [0.15, 0.2) is 24.3 Å². The third-order valence-corrected chi connectivity index (χ3v) is 5.58. The Kier molecular flexibility index (Phi) is 7.74. The van der Waals surface area contributed by atoms with Gasteiger partial charge in [-0.25, -0.2) is 0 Å². The molecular weight excluding hydrogens is 364 g/mol. The van der Waals surface area contributed by atoms with Gasteiger partial charge in [0.05, 0.1) is 12.6 Å². The summed E-state index contributed by atoms with van der Waals surface area (Å²) in [7, 11) is 0. The van der Waals surface area contributed by atoms with Crippen molar-refractivity contribution < 1.29 is 14.3 Å². The van der Waals surface area contributed by atoms with Gasteiger partial charge in [-0.15, -0.1) is 12.4 Å². The lowest BCUT2D eigenvalue weighted by molar-refractivity contribution is -0.170. The molecule has 1 fully saturated rings. The molecule has 0 radical (unpaired) electrons. The lowest BCUT2D eigenvalue weighted by Gasteiger charge is -2.57. The highest BCUT2D eigenvalue weighted by Gasteiger charge is 2.62. The molecular formula is C21H35ClN2O3. The summed E-state index contributed by atoms with van der Waals surface area (Å²) in [5, 5.41) is 2.93. The first-order valence-electron chi connectivity index (χ1n) is 9.45. The van der Waals surface area contributed by atoms with Crippen molar-refractivity contribution in [1.29, 1.82) is 0 Å². The normalized spacial score (nSPS) is 23.7. The van der Waals surface area contributed by atoms with Gasteiger partial charge in [0.1, 0.15) is 17.9 Å². The molecule has 3 N–H and O–H groups in total. The smallest absolute Gasteiger partial charge is 0.240 e. The van der Waals surface area contributed by atoms with Crippen molar-refractivity contribution in [3.8, 4) is 5.75 Å². The number of halogens is 1. The fourth-order valence-electron chi connectivity index (χ4n) is 3.52. The fourth-order valence-corrected chi connectivity index (χ4v) is 3.52. The number of rotatable bonds is 7. The second kappa shape index (κ2) is 8.80. The van der Waals surface area contributed by atoms with Crippen LogP contribution in [0, 0.1) is 5.41 Å². The van der Waals surface area contributed by atoms with Gasteiger partial charge in [-0.2, -0.15) is 0 Å². The lowest BCUT2D eigenvalue weighted by atomic mass is 9.54. The maximum atomic E-state index is 12.6. The van der Waals surface area contributed by atoms with Gasteiger partial charge in [-0.3, -0.25) is 4.79 Å². The van der Waals surface area contributed by atoms with Gasteiger partial charge in [0, 0.05) is 18.4 Å².